The van der Waals surface area contributed by atoms with Gasteiger partial charge < -0.3 is 10.8 Å². The van der Waals surface area contributed by atoms with E-state index < -0.39 is 11.5 Å². The molecule has 0 aliphatic heterocycles. The highest BCUT2D eigenvalue weighted by atomic mass is 16.4. The maximum absolute atomic E-state index is 10.7. The van der Waals surface area contributed by atoms with Crippen LogP contribution < -0.4 is 5.73 Å². The highest BCUT2D eigenvalue weighted by Gasteiger charge is 2.23. The average molecular weight is 191 g/mol. The summed E-state index contributed by atoms with van der Waals surface area (Å²) in [6.45, 7) is 1.45. The van der Waals surface area contributed by atoms with Crippen molar-refractivity contribution in [3.8, 4) is 0 Å². The molecule has 0 aromatic heterocycles. The molecule has 0 bridgehead atoms. The summed E-state index contributed by atoms with van der Waals surface area (Å²) in [6, 6.07) is 9.43. The van der Waals surface area contributed by atoms with Gasteiger partial charge in [0.1, 0.15) is 5.54 Å². The van der Waals surface area contributed by atoms with E-state index in [2.05, 4.69) is 0 Å². The first-order chi connectivity index (χ1) is 6.52. The SMILES string of the molecule is C[C@@](N)(/C=C/c1ccccc1)C(=O)O. The molecule has 1 aromatic rings. The van der Waals surface area contributed by atoms with Crippen LogP contribution >= 0.6 is 0 Å². The number of hydrogen-bond acceptors (Lipinski definition) is 2. The van der Waals surface area contributed by atoms with Crippen LogP contribution in [0.15, 0.2) is 36.4 Å². The molecule has 3 N–H and O–H groups in total. The van der Waals surface area contributed by atoms with Crippen LogP contribution in [0.5, 0.6) is 0 Å². The predicted octanol–water partition coefficient (Wildman–Crippen LogP) is 1.50. The number of carboxylic acids is 1. The number of nitrogens with two attached hydrogens (primary N) is 1. The second-order valence-electron chi connectivity index (χ2n) is 3.33. The summed E-state index contributed by atoms with van der Waals surface area (Å²) >= 11 is 0. The van der Waals surface area contributed by atoms with E-state index in [1.54, 1.807) is 6.08 Å². The Morgan fingerprint density at radius 2 is 2.00 bits per heavy atom. The van der Waals surface area contributed by atoms with Crippen molar-refractivity contribution in [3.05, 3.63) is 42.0 Å². The van der Waals surface area contributed by atoms with Gasteiger partial charge in [-0.2, -0.15) is 0 Å². The van der Waals surface area contributed by atoms with Crippen LogP contribution in [0.2, 0.25) is 0 Å². The lowest BCUT2D eigenvalue weighted by Gasteiger charge is -2.12. The molecule has 0 aliphatic rings. The Morgan fingerprint density at radius 1 is 1.43 bits per heavy atom. The Morgan fingerprint density at radius 3 is 2.50 bits per heavy atom. The first-order valence-electron chi connectivity index (χ1n) is 4.29. The summed E-state index contributed by atoms with van der Waals surface area (Å²) in [5.74, 6) is -1.04. The van der Waals surface area contributed by atoms with Crippen LogP contribution in [0.1, 0.15) is 12.5 Å². The molecular formula is C11H13NO2. The molecule has 0 saturated carbocycles. The van der Waals surface area contributed by atoms with Crippen LogP contribution in [0.4, 0.5) is 0 Å². The van der Waals surface area contributed by atoms with Crippen LogP contribution in [-0.4, -0.2) is 16.6 Å². The minimum Gasteiger partial charge on any atom is -0.480 e. The number of benzene rings is 1. The lowest BCUT2D eigenvalue weighted by molar-refractivity contribution is -0.140. The van der Waals surface area contributed by atoms with E-state index in [-0.39, 0.29) is 0 Å². The molecule has 0 radical (unpaired) electrons. The van der Waals surface area contributed by atoms with E-state index in [0.29, 0.717) is 0 Å². The summed E-state index contributed by atoms with van der Waals surface area (Å²) in [6.07, 6.45) is 3.18. The predicted molar refractivity (Wildman–Crippen MR) is 55.7 cm³/mol. The van der Waals surface area contributed by atoms with Crippen molar-refractivity contribution < 1.29 is 9.90 Å². The minimum atomic E-state index is -1.31. The van der Waals surface area contributed by atoms with Gasteiger partial charge in [0.05, 0.1) is 0 Å². The fourth-order valence-electron chi connectivity index (χ4n) is 0.905. The number of aliphatic carboxylic acids is 1. The van der Waals surface area contributed by atoms with Gasteiger partial charge in [-0.25, -0.2) is 4.79 Å². The normalized spacial score (nSPS) is 15.3. The smallest absolute Gasteiger partial charge is 0.327 e. The number of rotatable bonds is 3. The molecule has 14 heavy (non-hydrogen) atoms. The van der Waals surface area contributed by atoms with Gasteiger partial charge in [0, 0.05) is 0 Å². The van der Waals surface area contributed by atoms with Gasteiger partial charge in [-0.3, -0.25) is 0 Å². The van der Waals surface area contributed by atoms with Gasteiger partial charge in [0.15, 0.2) is 0 Å². The van der Waals surface area contributed by atoms with Crippen LogP contribution in [0.3, 0.4) is 0 Å². The summed E-state index contributed by atoms with van der Waals surface area (Å²) in [7, 11) is 0. The molecule has 3 heteroatoms. The monoisotopic (exact) mass is 191 g/mol. The van der Waals surface area contributed by atoms with Gasteiger partial charge in [0.25, 0.3) is 0 Å². The zero-order chi connectivity index (χ0) is 10.6. The fourth-order valence-corrected chi connectivity index (χ4v) is 0.905. The first kappa shape index (κ1) is 10.5. The molecule has 0 saturated heterocycles. The summed E-state index contributed by atoms with van der Waals surface area (Å²) < 4.78 is 0. The zero-order valence-corrected chi connectivity index (χ0v) is 7.97. The molecule has 0 amide bonds. The van der Waals surface area contributed by atoms with Gasteiger partial charge in [-0.1, -0.05) is 42.5 Å². The Kier molecular flexibility index (Phi) is 3.04. The molecule has 3 nitrogen and oxygen atoms in total. The van der Waals surface area contributed by atoms with Gasteiger partial charge >= 0.3 is 5.97 Å². The number of carboxylic acid groups (broad SMARTS) is 1. The number of carbonyl (C=O) groups is 1. The van der Waals surface area contributed by atoms with Gasteiger partial charge in [-0.15, -0.1) is 0 Å². The van der Waals surface area contributed by atoms with E-state index in [4.69, 9.17) is 10.8 Å². The number of hydrogen-bond donors (Lipinski definition) is 2. The van der Waals surface area contributed by atoms with Gasteiger partial charge in [-0.05, 0) is 12.5 Å². The molecule has 0 spiro atoms. The molecule has 1 aromatic carbocycles. The minimum absolute atomic E-state index is 0.936. The molecule has 1 atom stereocenters. The summed E-state index contributed by atoms with van der Waals surface area (Å²) in [4.78, 5) is 10.7. The van der Waals surface area contributed by atoms with E-state index in [1.165, 1.54) is 13.0 Å². The third-order valence-corrected chi connectivity index (χ3v) is 1.88. The molecule has 1 rings (SSSR count). The summed E-state index contributed by atoms with van der Waals surface area (Å²) in [5.41, 5.74) is 5.15. The van der Waals surface area contributed by atoms with Crippen molar-refractivity contribution in [2.45, 2.75) is 12.5 Å². The molecule has 0 heterocycles. The van der Waals surface area contributed by atoms with Crippen molar-refractivity contribution >= 4 is 12.0 Å². The highest BCUT2D eigenvalue weighted by Crippen LogP contribution is 2.07. The second-order valence-corrected chi connectivity index (χ2v) is 3.33. The second kappa shape index (κ2) is 4.07. The van der Waals surface area contributed by atoms with Crippen molar-refractivity contribution in [3.63, 3.8) is 0 Å². The third kappa shape index (κ3) is 2.71. The van der Waals surface area contributed by atoms with Gasteiger partial charge in [0.2, 0.25) is 0 Å². The Labute approximate surface area is 82.9 Å². The van der Waals surface area contributed by atoms with E-state index in [9.17, 15) is 4.79 Å². The van der Waals surface area contributed by atoms with Crippen molar-refractivity contribution in [2.24, 2.45) is 5.73 Å². The van der Waals surface area contributed by atoms with Crippen molar-refractivity contribution in [1.29, 1.82) is 0 Å². The van der Waals surface area contributed by atoms with E-state index in [1.807, 2.05) is 30.3 Å². The summed E-state index contributed by atoms with van der Waals surface area (Å²) in [5, 5.41) is 8.74. The maximum atomic E-state index is 10.7. The Balaban J connectivity index is 2.79. The lowest BCUT2D eigenvalue weighted by Crippen LogP contribution is -2.42. The highest BCUT2D eigenvalue weighted by molar-refractivity contribution is 5.82. The fraction of sp³-hybridized carbons (Fsp3) is 0.182. The lowest BCUT2D eigenvalue weighted by atomic mass is 10.0. The Hall–Kier alpha value is -1.61. The van der Waals surface area contributed by atoms with Crippen molar-refractivity contribution in [2.75, 3.05) is 0 Å². The third-order valence-electron chi connectivity index (χ3n) is 1.88. The van der Waals surface area contributed by atoms with E-state index >= 15 is 0 Å². The standard InChI is InChI=1S/C11H13NO2/c1-11(12,10(13)14)8-7-9-5-3-2-4-6-9/h2-8H,12H2,1H3,(H,13,14)/b8-7+/t11-/m1/s1. The van der Waals surface area contributed by atoms with Crippen LogP contribution in [0, 0.1) is 0 Å². The first-order valence-corrected chi connectivity index (χ1v) is 4.29. The molecule has 74 valence electrons. The quantitative estimate of drug-likeness (QED) is 0.761. The average Bonchev–Trinajstić information content (AvgIpc) is 2.16. The van der Waals surface area contributed by atoms with Crippen LogP contribution in [-0.2, 0) is 4.79 Å². The molecular weight excluding hydrogens is 178 g/mol. The molecule has 0 fully saturated rings. The largest absolute Gasteiger partial charge is 0.480 e. The zero-order valence-electron chi connectivity index (χ0n) is 7.97. The molecule has 0 unspecified atom stereocenters. The Bertz CT molecular complexity index is 342. The molecule has 0 aliphatic carbocycles. The van der Waals surface area contributed by atoms with E-state index in [0.717, 1.165) is 5.56 Å². The topological polar surface area (TPSA) is 63.3 Å². The maximum Gasteiger partial charge on any atom is 0.327 e. The van der Waals surface area contributed by atoms with Crippen molar-refractivity contribution in [1.82, 2.24) is 0 Å². The van der Waals surface area contributed by atoms with Crippen LogP contribution in [0.25, 0.3) is 6.08 Å².